The number of aliphatic hydroxyl groups excluding tert-OH is 1. The minimum absolute atomic E-state index is 0.153. The van der Waals surface area contributed by atoms with Crippen LogP contribution < -0.4 is 0 Å². The van der Waals surface area contributed by atoms with E-state index in [1.165, 1.54) is 0 Å². The summed E-state index contributed by atoms with van der Waals surface area (Å²) in [6.45, 7) is 8.29. The molecule has 0 rings (SSSR count). The Kier molecular flexibility index (Phi) is 3.87. The SMILES string of the molecule is CC[C@H](C)[C@H](C)[C@@H](C)O. The Balaban J connectivity index is 3.58. The summed E-state index contributed by atoms with van der Waals surface area (Å²) in [5.41, 5.74) is 0. The number of aliphatic hydroxyl groups is 1. The van der Waals surface area contributed by atoms with Crippen molar-refractivity contribution in [1.29, 1.82) is 0 Å². The minimum atomic E-state index is -0.153. The predicted octanol–water partition coefficient (Wildman–Crippen LogP) is 2.05. The lowest BCUT2D eigenvalue weighted by molar-refractivity contribution is 0.102. The van der Waals surface area contributed by atoms with E-state index in [4.69, 9.17) is 5.11 Å². The highest BCUT2D eigenvalue weighted by atomic mass is 16.3. The molecule has 0 saturated heterocycles. The molecule has 0 aromatic carbocycles. The normalized spacial score (nSPS) is 21.0. The number of hydrogen-bond acceptors (Lipinski definition) is 1. The van der Waals surface area contributed by atoms with Crippen LogP contribution in [0.25, 0.3) is 0 Å². The molecule has 0 aliphatic rings. The van der Waals surface area contributed by atoms with Gasteiger partial charge in [0.15, 0.2) is 0 Å². The Labute approximate surface area is 58.1 Å². The number of hydrogen-bond donors (Lipinski definition) is 1. The Morgan fingerprint density at radius 3 is 1.78 bits per heavy atom. The first-order chi connectivity index (χ1) is 4.09. The van der Waals surface area contributed by atoms with Gasteiger partial charge in [0.05, 0.1) is 6.10 Å². The fourth-order valence-corrected chi connectivity index (χ4v) is 0.847. The fourth-order valence-electron chi connectivity index (χ4n) is 0.847. The lowest BCUT2D eigenvalue weighted by Gasteiger charge is -2.20. The van der Waals surface area contributed by atoms with Crippen molar-refractivity contribution in [2.24, 2.45) is 11.8 Å². The second-order valence-electron chi connectivity index (χ2n) is 2.99. The maximum atomic E-state index is 9.12. The second-order valence-corrected chi connectivity index (χ2v) is 2.99. The summed E-state index contributed by atoms with van der Waals surface area (Å²) in [7, 11) is 0. The molecule has 1 N–H and O–H groups in total. The van der Waals surface area contributed by atoms with Crippen molar-refractivity contribution in [3.8, 4) is 0 Å². The highest BCUT2D eigenvalue weighted by Gasteiger charge is 2.14. The Hall–Kier alpha value is -0.0400. The zero-order valence-corrected chi connectivity index (χ0v) is 6.89. The van der Waals surface area contributed by atoms with Crippen LogP contribution in [0.3, 0.4) is 0 Å². The van der Waals surface area contributed by atoms with Crippen LogP contribution in [0.4, 0.5) is 0 Å². The second kappa shape index (κ2) is 3.89. The molecular weight excluding hydrogens is 112 g/mol. The molecular formula is C8H18O. The van der Waals surface area contributed by atoms with Crippen LogP contribution in [0.2, 0.25) is 0 Å². The summed E-state index contributed by atoms with van der Waals surface area (Å²) >= 11 is 0. The lowest BCUT2D eigenvalue weighted by Crippen LogP contribution is -2.19. The molecule has 0 aliphatic carbocycles. The quantitative estimate of drug-likeness (QED) is 0.620. The van der Waals surface area contributed by atoms with E-state index in [2.05, 4.69) is 20.8 Å². The van der Waals surface area contributed by atoms with E-state index in [1.807, 2.05) is 6.92 Å². The van der Waals surface area contributed by atoms with E-state index in [1.54, 1.807) is 0 Å². The Morgan fingerprint density at radius 2 is 1.67 bits per heavy atom. The van der Waals surface area contributed by atoms with E-state index in [-0.39, 0.29) is 6.10 Å². The standard InChI is InChI=1S/C8H18O/c1-5-6(2)7(3)8(4)9/h6-9H,5H2,1-4H3/t6-,7-,8+/m0/s1. The average Bonchev–Trinajstić information content (AvgIpc) is 1.84. The van der Waals surface area contributed by atoms with Crippen LogP contribution >= 0.6 is 0 Å². The van der Waals surface area contributed by atoms with Crippen molar-refractivity contribution < 1.29 is 5.11 Å². The molecule has 0 spiro atoms. The molecule has 0 radical (unpaired) electrons. The van der Waals surface area contributed by atoms with Crippen LogP contribution in [0, 0.1) is 11.8 Å². The van der Waals surface area contributed by atoms with Crippen LogP contribution in [-0.4, -0.2) is 11.2 Å². The predicted molar refractivity (Wildman–Crippen MR) is 40.3 cm³/mol. The van der Waals surface area contributed by atoms with Crippen molar-refractivity contribution in [3.63, 3.8) is 0 Å². The molecule has 56 valence electrons. The van der Waals surface area contributed by atoms with Gasteiger partial charge in [0.25, 0.3) is 0 Å². The zero-order chi connectivity index (χ0) is 7.44. The van der Waals surface area contributed by atoms with E-state index in [0.717, 1.165) is 6.42 Å². The van der Waals surface area contributed by atoms with Crippen LogP contribution in [0.1, 0.15) is 34.1 Å². The molecule has 0 amide bonds. The van der Waals surface area contributed by atoms with E-state index in [9.17, 15) is 0 Å². The van der Waals surface area contributed by atoms with Crippen molar-refractivity contribution in [2.75, 3.05) is 0 Å². The summed E-state index contributed by atoms with van der Waals surface area (Å²) in [6.07, 6.45) is 1.01. The van der Waals surface area contributed by atoms with Gasteiger partial charge in [-0.15, -0.1) is 0 Å². The zero-order valence-electron chi connectivity index (χ0n) is 6.89. The van der Waals surface area contributed by atoms with Crippen molar-refractivity contribution in [1.82, 2.24) is 0 Å². The molecule has 0 saturated carbocycles. The lowest BCUT2D eigenvalue weighted by atomic mass is 9.90. The Bertz CT molecular complexity index is 69.0. The van der Waals surface area contributed by atoms with Gasteiger partial charge >= 0.3 is 0 Å². The highest BCUT2D eigenvalue weighted by Crippen LogP contribution is 2.17. The topological polar surface area (TPSA) is 20.2 Å². The summed E-state index contributed by atoms with van der Waals surface area (Å²) in [5, 5.41) is 9.12. The number of rotatable bonds is 3. The van der Waals surface area contributed by atoms with Crippen LogP contribution in [0.5, 0.6) is 0 Å². The summed E-state index contributed by atoms with van der Waals surface area (Å²) in [6, 6.07) is 0. The fraction of sp³-hybridized carbons (Fsp3) is 1.00. The average molecular weight is 130 g/mol. The van der Waals surface area contributed by atoms with Gasteiger partial charge in [-0.3, -0.25) is 0 Å². The van der Waals surface area contributed by atoms with Gasteiger partial charge in [0, 0.05) is 0 Å². The van der Waals surface area contributed by atoms with Gasteiger partial charge in [-0.2, -0.15) is 0 Å². The van der Waals surface area contributed by atoms with Crippen molar-refractivity contribution in [2.45, 2.75) is 40.2 Å². The van der Waals surface area contributed by atoms with E-state index >= 15 is 0 Å². The summed E-state index contributed by atoms with van der Waals surface area (Å²) < 4.78 is 0. The minimum Gasteiger partial charge on any atom is -0.393 e. The van der Waals surface area contributed by atoms with Crippen molar-refractivity contribution in [3.05, 3.63) is 0 Å². The van der Waals surface area contributed by atoms with Crippen LogP contribution in [0.15, 0.2) is 0 Å². The van der Waals surface area contributed by atoms with E-state index < -0.39 is 0 Å². The molecule has 0 heterocycles. The molecule has 0 fully saturated rings. The smallest absolute Gasteiger partial charge is 0.0540 e. The molecule has 0 bridgehead atoms. The van der Waals surface area contributed by atoms with Crippen LogP contribution in [-0.2, 0) is 0 Å². The third-order valence-electron chi connectivity index (χ3n) is 2.30. The van der Waals surface area contributed by atoms with Gasteiger partial charge < -0.3 is 5.11 Å². The van der Waals surface area contributed by atoms with Gasteiger partial charge in [-0.05, 0) is 18.8 Å². The Morgan fingerprint density at radius 1 is 1.22 bits per heavy atom. The molecule has 1 heteroatoms. The highest BCUT2D eigenvalue weighted by molar-refractivity contribution is 4.64. The van der Waals surface area contributed by atoms with Crippen molar-refractivity contribution >= 4 is 0 Å². The van der Waals surface area contributed by atoms with Gasteiger partial charge in [-0.25, -0.2) is 0 Å². The summed E-state index contributed by atoms with van der Waals surface area (Å²) in [4.78, 5) is 0. The molecule has 0 aromatic heterocycles. The third-order valence-corrected chi connectivity index (χ3v) is 2.30. The first-order valence-corrected chi connectivity index (χ1v) is 3.77. The van der Waals surface area contributed by atoms with E-state index in [0.29, 0.717) is 11.8 Å². The molecule has 3 atom stereocenters. The molecule has 0 unspecified atom stereocenters. The summed E-state index contributed by atoms with van der Waals surface area (Å²) in [5.74, 6) is 1.08. The molecule has 1 nitrogen and oxygen atoms in total. The first kappa shape index (κ1) is 8.96. The molecule has 0 aliphatic heterocycles. The largest absolute Gasteiger partial charge is 0.393 e. The van der Waals surface area contributed by atoms with Gasteiger partial charge in [0.1, 0.15) is 0 Å². The first-order valence-electron chi connectivity index (χ1n) is 3.77. The maximum Gasteiger partial charge on any atom is 0.0540 e. The maximum absolute atomic E-state index is 9.12. The van der Waals surface area contributed by atoms with Gasteiger partial charge in [-0.1, -0.05) is 27.2 Å². The molecule has 0 aromatic rings. The van der Waals surface area contributed by atoms with Gasteiger partial charge in [0.2, 0.25) is 0 Å². The third kappa shape index (κ3) is 2.85. The molecule has 9 heavy (non-hydrogen) atoms. The monoisotopic (exact) mass is 130 g/mol.